The predicted octanol–water partition coefficient (Wildman–Crippen LogP) is 3.33. The molecule has 1 amide bonds. The smallest absolute Gasteiger partial charge is 0.404 e. The molecule has 2 rings (SSSR count). The van der Waals surface area contributed by atoms with Crippen LogP contribution in [-0.4, -0.2) is 22.3 Å². The van der Waals surface area contributed by atoms with Crippen LogP contribution in [0.5, 0.6) is 0 Å². The summed E-state index contributed by atoms with van der Waals surface area (Å²) in [6.07, 6.45) is 4.84. The standard InChI is InChI=1S/C16H23NO3/c18-15(13-9-5-2-6-10-13)14(17-16(19)20)11-12-7-3-1-4-8-12/h2,5-6,9-10,12,14-15,17-18H,1,3-4,7-8,11H2,(H,19,20)/t14-,15?/m0/s1. The van der Waals surface area contributed by atoms with Crippen molar-refractivity contribution in [3.05, 3.63) is 35.9 Å². The van der Waals surface area contributed by atoms with Gasteiger partial charge in [-0.25, -0.2) is 4.79 Å². The Bertz CT molecular complexity index is 415. The topological polar surface area (TPSA) is 69.6 Å². The van der Waals surface area contributed by atoms with E-state index in [2.05, 4.69) is 5.32 Å². The molecular weight excluding hydrogens is 254 g/mol. The Morgan fingerprint density at radius 1 is 1.20 bits per heavy atom. The summed E-state index contributed by atoms with van der Waals surface area (Å²) in [5, 5.41) is 21.9. The Hall–Kier alpha value is -1.55. The van der Waals surface area contributed by atoms with Crippen LogP contribution < -0.4 is 5.32 Å². The molecule has 4 heteroatoms. The minimum absolute atomic E-state index is 0.432. The molecule has 1 aromatic carbocycles. The third kappa shape index (κ3) is 4.23. The number of carbonyl (C=O) groups is 1. The lowest BCUT2D eigenvalue weighted by Gasteiger charge is -2.29. The highest BCUT2D eigenvalue weighted by molar-refractivity contribution is 5.65. The maximum absolute atomic E-state index is 11.0. The van der Waals surface area contributed by atoms with Crippen LogP contribution in [0.25, 0.3) is 0 Å². The van der Waals surface area contributed by atoms with Crippen LogP contribution in [0.3, 0.4) is 0 Å². The van der Waals surface area contributed by atoms with Crippen molar-refractivity contribution in [2.45, 2.75) is 50.7 Å². The van der Waals surface area contributed by atoms with Crippen LogP contribution in [0.1, 0.15) is 50.2 Å². The molecular formula is C16H23NO3. The molecule has 1 fully saturated rings. The number of benzene rings is 1. The summed E-state index contributed by atoms with van der Waals surface area (Å²) in [5.74, 6) is 0.513. The predicted molar refractivity (Wildman–Crippen MR) is 77.5 cm³/mol. The van der Waals surface area contributed by atoms with E-state index in [4.69, 9.17) is 5.11 Å². The van der Waals surface area contributed by atoms with Crippen LogP contribution in [0, 0.1) is 5.92 Å². The summed E-state index contributed by atoms with van der Waals surface area (Å²) >= 11 is 0. The average molecular weight is 277 g/mol. The Morgan fingerprint density at radius 2 is 1.85 bits per heavy atom. The van der Waals surface area contributed by atoms with E-state index in [0.717, 1.165) is 18.4 Å². The maximum atomic E-state index is 11.0. The average Bonchev–Trinajstić information content (AvgIpc) is 2.47. The van der Waals surface area contributed by atoms with Gasteiger partial charge < -0.3 is 15.5 Å². The van der Waals surface area contributed by atoms with Crippen molar-refractivity contribution in [1.29, 1.82) is 0 Å². The molecule has 1 aliphatic carbocycles. The number of hydrogen-bond acceptors (Lipinski definition) is 2. The molecule has 20 heavy (non-hydrogen) atoms. The fourth-order valence-electron chi connectivity index (χ4n) is 3.09. The highest BCUT2D eigenvalue weighted by atomic mass is 16.4. The van der Waals surface area contributed by atoms with Gasteiger partial charge in [0.1, 0.15) is 0 Å². The summed E-state index contributed by atoms with van der Waals surface area (Å²) in [5.41, 5.74) is 0.766. The number of amides is 1. The van der Waals surface area contributed by atoms with Gasteiger partial charge in [0.2, 0.25) is 0 Å². The Balaban J connectivity index is 2.03. The summed E-state index contributed by atoms with van der Waals surface area (Å²) in [6, 6.07) is 8.84. The molecule has 0 saturated heterocycles. The van der Waals surface area contributed by atoms with Gasteiger partial charge in [-0.05, 0) is 17.9 Å². The lowest BCUT2D eigenvalue weighted by Crippen LogP contribution is -2.40. The first-order valence-electron chi connectivity index (χ1n) is 7.39. The Labute approximate surface area is 119 Å². The monoisotopic (exact) mass is 277 g/mol. The van der Waals surface area contributed by atoms with Crippen molar-refractivity contribution in [2.24, 2.45) is 5.92 Å². The van der Waals surface area contributed by atoms with E-state index in [0.29, 0.717) is 12.3 Å². The van der Waals surface area contributed by atoms with Gasteiger partial charge in [-0.15, -0.1) is 0 Å². The number of aliphatic hydroxyl groups excluding tert-OH is 1. The molecule has 0 heterocycles. The molecule has 1 unspecified atom stereocenters. The summed E-state index contributed by atoms with van der Waals surface area (Å²) < 4.78 is 0. The minimum Gasteiger partial charge on any atom is -0.465 e. The molecule has 1 aliphatic rings. The number of aliphatic hydroxyl groups is 1. The third-order valence-corrected chi connectivity index (χ3v) is 4.14. The highest BCUT2D eigenvalue weighted by Gasteiger charge is 2.26. The molecule has 110 valence electrons. The molecule has 1 aromatic rings. The molecule has 0 aliphatic heterocycles. The number of rotatable bonds is 5. The maximum Gasteiger partial charge on any atom is 0.404 e. The molecule has 0 bridgehead atoms. The van der Waals surface area contributed by atoms with Crippen LogP contribution in [0.2, 0.25) is 0 Å². The highest BCUT2D eigenvalue weighted by Crippen LogP contribution is 2.30. The molecule has 3 N–H and O–H groups in total. The van der Waals surface area contributed by atoms with E-state index in [1.807, 2.05) is 30.3 Å². The van der Waals surface area contributed by atoms with Crippen molar-refractivity contribution in [3.8, 4) is 0 Å². The van der Waals surface area contributed by atoms with Gasteiger partial charge in [0.15, 0.2) is 0 Å². The first kappa shape index (κ1) is 14.9. The molecule has 0 spiro atoms. The van der Waals surface area contributed by atoms with Gasteiger partial charge in [0.25, 0.3) is 0 Å². The van der Waals surface area contributed by atoms with E-state index in [1.165, 1.54) is 19.3 Å². The Kier molecular flexibility index (Phi) is 5.41. The second-order valence-electron chi connectivity index (χ2n) is 5.65. The van der Waals surface area contributed by atoms with Crippen molar-refractivity contribution in [3.63, 3.8) is 0 Å². The number of carboxylic acid groups (broad SMARTS) is 1. The van der Waals surface area contributed by atoms with Crippen LogP contribution in [-0.2, 0) is 0 Å². The van der Waals surface area contributed by atoms with Crippen LogP contribution >= 0.6 is 0 Å². The van der Waals surface area contributed by atoms with E-state index < -0.39 is 18.2 Å². The zero-order valence-electron chi connectivity index (χ0n) is 11.7. The molecule has 0 radical (unpaired) electrons. The Morgan fingerprint density at radius 3 is 2.45 bits per heavy atom. The van der Waals surface area contributed by atoms with E-state index in [-0.39, 0.29) is 0 Å². The van der Waals surface area contributed by atoms with Crippen LogP contribution in [0.15, 0.2) is 30.3 Å². The van der Waals surface area contributed by atoms with Crippen molar-refractivity contribution < 1.29 is 15.0 Å². The fourth-order valence-corrected chi connectivity index (χ4v) is 3.09. The van der Waals surface area contributed by atoms with E-state index in [9.17, 15) is 9.90 Å². The van der Waals surface area contributed by atoms with E-state index in [1.54, 1.807) is 0 Å². The largest absolute Gasteiger partial charge is 0.465 e. The second-order valence-corrected chi connectivity index (χ2v) is 5.65. The molecule has 2 atom stereocenters. The van der Waals surface area contributed by atoms with Crippen LogP contribution in [0.4, 0.5) is 4.79 Å². The SMILES string of the molecule is O=C(O)N[C@@H](CC1CCCCC1)C(O)c1ccccc1. The zero-order valence-corrected chi connectivity index (χ0v) is 11.7. The van der Waals surface area contributed by atoms with Crippen molar-refractivity contribution >= 4 is 6.09 Å². The van der Waals surface area contributed by atoms with Gasteiger partial charge in [-0.2, -0.15) is 0 Å². The molecule has 4 nitrogen and oxygen atoms in total. The fraction of sp³-hybridized carbons (Fsp3) is 0.562. The van der Waals surface area contributed by atoms with Gasteiger partial charge in [-0.3, -0.25) is 0 Å². The zero-order chi connectivity index (χ0) is 14.4. The van der Waals surface area contributed by atoms with E-state index >= 15 is 0 Å². The normalized spacial score (nSPS) is 19.2. The van der Waals surface area contributed by atoms with Gasteiger partial charge in [0, 0.05) is 0 Å². The van der Waals surface area contributed by atoms with Gasteiger partial charge in [0.05, 0.1) is 12.1 Å². The van der Waals surface area contributed by atoms with Crippen molar-refractivity contribution in [2.75, 3.05) is 0 Å². The first-order chi connectivity index (χ1) is 9.66. The first-order valence-corrected chi connectivity index (χ1v) is 7.39. The summed E-state index contributed by atoms with van der Waals surface area (Å²) in [6.45, 7) is 0. The lowest BCUT2D eigenvalue weighted by atomic mass is 9.83. The number of hydrogen-bond donors (Lipinski definition) is 3. The molecule has 1 saturated carbocycles. The molecule has 0 aromatic heterocycles. The van der Waals surface area contributed by atoms with Gasteiger partial charge in [-0.1, -0.05) is 62.4 Å². The summed E-state index contributed by atoms with van der Waals surface area (Å²) in [7, 11) is 0. The second kappa shape index (κ2) is 7.29. The lowest BCUT2D eigenvalue weighted by molar-refractivity contribution is 0.103. The third-order valence-electron chi connectivity index (χ3n) is 4.14. The van der Waals surface area contributed by atoms with Crippen molar-refractivity contribution in [1.82, 2.24) is 5.32 Å². The minimum atomic E-state index is -1.07. The van der Waals surface area contributed by atoms with Gasteiger partial charge >= 0.3 is 6.09 Å². The number of nitrogens with one attached hydrogen (secondary N) is 1. The summed E-state index contributed by atoms with van der Waals surface area (Å²) in [4.78, 5) is 11.0. The quantitative estimate of drug-likeness (QED) is 0.773.